The molecule has 5 heteroatoms. The number of rotatable bonds is 7. The Balaban J connectivity index is 2.27. The third-order valence-electron chi connectivity index (χ3n) is 3.77. The Morgan fingerprint density at radius 3 is 2.68 bits per heavy atom. The average molecular weight is 305 g/mol. The number of nitrogens with zero attached hydrogens (tertiary/aromatic N) is 1. The zero-order chi connectivity index (χ0) is 16.1. The highest BCUT2D eigenvalue weighted by Crippen LogP contribution is 2.32. The predicted molar refractivity (Wildman–Crippen MR) is 87.0 cm³/mol. The number of aryl methyl sites for hydroxylation is 1. The highest BCUT2D eigenvalue weighted by Gasteiger charge is 2.15. The SMILES string of the molecule is CCCCCCOc1ccc2c(O)c(OC)c(=O)n(C)c2c1. The molecule has 2 aromatic rings. The minimum absolute atomic E-state index is 0.0387. The second kappa shape index (κ2) is 7.20. The lowest BCUT2D eigenvalue weighted by Gasteiger charge is -2.12. The van der Waals surface area contributed by atoms with E-state index < -0.39 is 0 Å². The van der Waals surface area contributed by atoms with E-state index in [9.17, 15) is 9.90 Å². The standard InChI is InChI=1S/C17H23NO4/c1-4-5-6-7-10-22-12-8-9-13-14(11-12)18(2)17(20)16(21-3)15(13)19/h8-9,11,19H,4-7,10H2,1-3H3. The van der Waals surface area contributed by atoms with Gasteiger partial charge in [0.15, 0.2) is 5.75 Å². The van der Waals surface area contributed by atoms with Crippen molar-refractivity contribution in [1.29, 1.82) is 0 Å². The predicted octanol–water partition coefficient (Wildman–Crippen LogP) is 3.21. The number of methoxy groups -OCH3 is 1. The quantitative estimate of drug-likeness (QED) is 0.798. The largest absolute Gasteiger partial charge is 0.504 e. The number of unbranched alkanes of at least 4 members (excludes halogenated alkanes) is 3. The van der Waals surface area contributed by atoms with E-state index in [0.29, 0.717) is 23.3 Å². The Hall–Kier alpha value is -2.17. The van der Waals surface area contributed by atoms with E-state index in [1.807, 2.05) is 0 Å². The van der Waals surface area contributed by atoms with E-state index in [2.05, 4.69) is 6.92 Å². The molecule has 0 fully saturated rings. The monoisotopic (exact) mass is 305 g/mol. The van der Waals surface area contributed by atoms with Gasteiger partial charge in [-0.2, -0.15) is 0 Å². The molecule has 0 saturated heterocycles. The smallest absolute Gasteiger partial charge is 0.297 e. The van der Waals surface area contributed by atoms with Crippen LogP contribution in [0.15, 0.2) is 23.0 Å². The summed E-state index contributed by atoms with van der Waals surface area (Å²) < 4.78 is 12.2. The summed E-state index contributed by atoms with van der Waals surface area (Å²) in [4.78, 5) is 12.1. The maximum Gasteiger partial charge on any atom is 0.297 e. The first kappa shape index (κ1) is 16.2. The van der Waals surface area contributed by atoms with Crippen molar-refractivity contribution in [2.45, 2.75) is 32.6 Å². The van der Waals surface area contributed by atoms with E-state index in [4.69, 9.17) is 9.47 Å². The molecule has 1 aromatic heterocycles. The summed E-state index contributed by atoms with van der Waals surface area (Å²) in [7, 11) is 3.02. The van der Waals surface area contributed by atoms with E-state index in [-0.39, 0.29) is 17.1 Å². The van der Waals surface area contributed by atoms with Crippen molar-refractivity contribution in [3.63, 3.8) is 0 Å². The molecule has 2 rings (SSSR count). The van der Waals surface area contributed by atoms with Gasteiger partial charge in [-0.15, -0.1) is 0 Å². The second-order valence-corrected chi connectivity index (χ2v) is 5.33. The molecule has 0 radical (unpaired) electrons. The van der Waals surface area contributed by atoms with E-state index in [1.165, 1.54) is 24.5 Å². The number of benzene rings is 1. The van der Waals surface area contributed by atoms with Crippen LogP contribution in [0.5, 0.6) is 17.2 Å². The maximum absolute atomic E-state index is 12.1. The summed E-state index contributed by atoms with van der Waals surface area (Å²) in [5, 5.41) is 10.7. The van der Waals surface area contributed by atoms with Crippen LogP contribution >= 0.6 is 0 Å². The van der Waals surface area contributed by atoms with Gasteiger partial charge in [0.1, 0.15) is 5.75 Å². The van der Waals surface area contributed by atoms with Crippen LogP contribution in [-0.4, -0.2) is 23.4 Å². The van der Waals surface area contributed by atoms with Crippen molar-refractivity contribution in [2.75, 3.05) is 13.7 Å². The first-order valence-electron chi connectivity index (χ1n) is 7.62. The summed E-state index contributed by atoms with van der Waals surface area (Å²) in [6.07, 6.45) is 4.57. The minimum atomic E-state index is -0.368. The highest BCUT2D eigenvalue weighted by atomic mass is 16.5. The lowest BCUT2D eigenvalue weighted by atomic mass is 10.1. The molecule has 0 bridgehead atoms. The molecule has 0 aliphatic rings. The molecule has 22 heavy (non-hydrogen) atoms. The van der Waals surface area contributed by atoms with Crippen molar-refractivity contribution in [2.24, 2.45) is 7.05 Å². The number of hydrogen-bond acceptors (Lipinski definition) is 4. The van der Waals surface area contributed by atoms with Gasteiger partial charge in [-0.3, -0.25) is 4.79 Å². The number of hydrogen-bond donors (Lipinski definition) is 1. The van der Waals surface area contributed by atoms with Gasteiger partial charge in [-0.05, 0) is 18.6 Å². The summed E-state index contributed by atoms with van der Waals surface area (Å²) in [6, 6.07) is 5.31. The van der Waals surface area contributed by atoms with Crippen LogP contribution in [0.2, 0.25) is 0 Å². The van der Waals surface area contributed by atoms with Gasteiger partial charge >= 0.3 is 0 Å². The molecule has 0 unspecified atom stereocenters. The molecule has 1 heterocycles. The fourth-order valence-electron chi connectivity index (χ4n) is 2.47. The first-order chi connectivity index (χ1) is 10.6. The molecule has 0 spiro atoms. The molecule has 0 aliphatic heterocycles. The summed E-state index contributed by atoms with van der Waals surface area (Å²) in [6.45, 7) is 2.83. The van der Waals surface area contributed by atoms with Gasteiger partial charge in [-0.1, -0.05) is 26.2 Å². The Morgan fingerprint density at radius 1 is 1.23 bits per heavy atom. The Kier molecular flexibility index (Phi) is 5.31. The molecule has 0 atom stereocenters. The molecular weight excluding hydrogens is 282 g/mol. The topological polar surface area (TPSA) is 60.7 Å². The number of aromatic nitrogens is 1. The van der Waals surface area contributed by atoms with Crippen molar-refractivity contribution in [1.82, 2.24) is 4.57 Å². The number of aromatic hydroxyl groups is 1. The minimum Gasteiger partial charge on any atom is -0.504 e. The van der Waals surface area contributed by atoms with Crippen LogP contribution in [0.1, 0.15) is 32.6 Å². The third kappa shape index (κ3) is 3.18. The molecule has 1 aromatic carbocycles. The first-order valence-corrected chi connectivity index (χ1v) is 7.62. The normalized spacial score (nSPS) is 10.9. The maximum atomic E-state index is 12.1. The van der Waals surface area contributed by atoms with E-state index in [0.717, 1.165) is 12.8 Å². The van der Waals surface area contributed by atoms with Gasteiger partial charge in [0.25, 0.3) is 5.56 Å². The Bertz CT molecular complexity index is 706. The van der Waals surface area contributed by atoms with Crippen LogP contribution in [0.4, 0.5) is 0 Å². The van der Waals surface area contributed by atoms with Crippen LogP contribution in [0.3, 0.4) is 0 Å². The van der Waals surface area contributed by atoms with Crippen LogP contribution in [-0.2, 0) is 7.05 Å². The molecular formula is C17H23NO4. The third-order valence-corrected chi connectivity index (χ3v) is 3.77. The van der Waals surface area contributed by atoms with Gasteiger partial charge < -0.3 is 19.1 Å². The molecule has 0 saturated carbocycles. The summed E-state index contributed by atoms with van der Waals surface area (Å²) in [5.74, 6) is 0.530. The fourth-order valence-corrected chi connectivity index (χ4v) is 2.47. The van der Waals surface area contributed by atoms with Crippen molar-refractivity contribution in [3.8, 4) is 17.2 Å². The molecule has 1 N–H and O–H groups in total. The van der Waals surface area contributed by atoms with E-state index >= 15 is 0 Å². The van der Waals surface area contributed by atoms with Crippen LogP contribution in [0.25, 0.3) is 10.9 Å². The van der Waals surface area contributed by atoms with Crippen LogP contribution in [0, 0.1) is 0 Å². The summed E-state index contributed by atoms with van der Waals surface area (Å²) in [5.41, 5.74) is 0.252. The lowest BCUT2D eigenvalue weighted by molar-refractivity contribution is 0.305. The molecule has 5 nitrogen and oxygen atoms in total. The Morgan fingerprint density at radius 2 is 2.00 bits per heavy atom. The van der Waals surface area contributed by atoms with Gasteiger partial charge in [0.2, 0.25) is 5.75 Å². The van der Waals surface area contributed by atoms with Crippen LogP contribution < -0.4 is 15.0 Å². The van der Waals surface area contributed by atoms with Gasteiger partial charge in [0, 0.05) is 18.5 Å². The van der Waals surface area contributed by atoms with Gasteiger partial charge in [-0.25, -0.2) is 0 Å². The summed E-state index contributed by atoms with van der Waals surface area (Å²) >= 11 is 0. The molecule has 120 valence electrons. The Labute approximate surface area is 130 Å². The highest BCUT2D eigenvalue weighted by molar-refractivity contribution is 5.88. The van der Waals surface area contributed by atoms with Crippen molar-refractivity contribution >= 4 is 10.9 Å². The number of ether oxygens (including phenoxy) is 2. The number of fused-ring (bicyclic) bond motifs is 1. The lowest BCUT2D eigenvalue weighted by Crippen LogP contribution is -2.18. The van der Waals surface area contributed by atoms with E-state index in [1.54, 1.807) is 25.2 Å². The zero-order valence-electron chi connectivity index (χ0n) is 13.4. The van der Waals surface area contributed by atoms with Gasteiger partial charge in [0.05, 0.1) is 19.2 Å². The average Bonchev–Trinajstić information content (AvgIpc) is 2.53. The fraction of sp³-hybridized carbons (Fsp3) is 0.471. The zero-order valence-corrected chi connectivity index (χ0v) is 13.4. The molecule has 0 aliphatic carbocycles. The van der Waals surface area contributed by atoms with Crippen molar-refractivity contribution in [3.05, 3.63) is 28.6 Å². The number of pyridine rings is 1. The van der Waals surface area contributed by atoms with Crippen molar-refractivity contribution < 1.29 is 14.6 Å². The second-order valence-electron chi connectivity index (χ2n) is 5.33. The molecule has 0 amide bonds.